The van der Waals surface area contributed by atoms with E-state index in [9.17, 15) is 4.79 Å². The van der Waals surface area contributed by atoms with E-state index in [0.717, 1.165) is 31.6 Å². The summed E-state index contributed by atoms with van der Waals surface area (Å²) in [4.78, 5) is 12.0. The maximum absolute atomic E-state index is 12.0. The van der Waals surface area contributed by atoms with E-state index in [2.05, 4.69) is 45.1 Å². The van der Waals surface area contributed by atoms with Crippen molar-refractivity contribution in [2.75, 3.05) is 6.61 Å². The maximum atomic E-state index is 12.0. The molecular weight excluding hydrogens is 705 g/mol. The Labute approximate surface area is 367 Å². The van der Waals surface area contributed by atoms with Crippen LogP contribution >= 0.6 is 0 Å². The molecule has 0 aromatic rings. The van der Waals surface area contributed by atoms with Crippen molar-refractivity contribution in [3.8, 4) is 0 Å². The number of unbranched alkanes of at least 4 members (excludes halogenated alkanes) is 39. The van der Waals surface area contributed by atoms with Crippen LogP contribution in [0.3, 0.4) is 0 Å². The second-order valence-corrected chi connectivity index (χ2v) is 18.8. The van der Waals surface area contributed by atoms with E-state index < -0.39 is 0 Å². The Morgan fingerprint density at radius 3 is 1.05 bits per heavy atom. The first-order valence-electron chi connectivity index (χ1n) is 27.2. The summed E-state index contributed by atoms with van der Waals surface area (Å²) < 4.78 is 5.48. The molecule has 0 heterocycles. The zero-order chi connectivity index (χ0) is 41.9. The monoisotopic (exact) mass is 813 g/mol. The summed E-state index contributed by atoms with van der Waals surface area (Å²) in [5.41, 5.74) is 0. The quantitative estimate of drug-likeness (QED) is 0.0347. The first kappa shape index (κ1) is 57.0. The van der Waals surface area contributed by atoms with Crippen molar-refractivity contribution < 1.29 is 9.53 Å². The van der Waals surface area contributed by atoms with Crippen LogP contribution in [0.5, 0.6) is 0 Å². The summed E-state index contributed by atoms with van der Waals surface area (Å²) in [6.07, 6.45) is 71.9. The summed E-state index contributed by atoms with van der Waals surface area (Å²) in [6.45, 7) is 7.61. The standard InChI is InChI=1S/C56H108O2/c1-4-6-7-8-9-10-11-12-31-35-38-41-44-47-50-53-56(57)58-54-51-48-45-42-39-36-33-30-28-26-24-22-20-18-16-14-13-15-17-19-21-23-25-27-29-32-34-37-40-43-46-49-52-55(3)5-2/h9-10,12,31,55H,4-8,11,13-30,32-54H2,1-3H3/b10-9-,31-12-. The molecule has 0 bridgehead atoms. The highest BCUT2D eigenvalue weighted by Gasteiger charge is 2.03. The number of carbonyl (C=O) groups excluding carboxylic acids is 1. The van der Waals surface area contributed by atoms with Crippen molar-refractivity contribution in [1.82, 2.24) is 0 Å². The van der Waals surface area contributed by atoms with Gasteiger partial charge in [0.25, 0.3) is 0 Å². The lowest BCUT2D eigenvalue weighted by molar-refractivity contribution is -0.143. The van der Waals surface area contributed by atoms with E-state index in [1.807, 2.05) is 0 Å². The van der Waals surface area contributed by atoms with Gasteiger partial charge < -0.3 is 4.74 Å². The van der Waals surface area contributed by atoms with E-state index in [1.54, 1.807) is 0 Å². The van der Waals surface area contributed by atoms with Crippen LogP contribution in [0.15, 0.2) is 24.3 Å². The molecule has 0 rings (SSSR count). The Morgan fingerprint density at radius 2 is 0.690 bits per heavy atom. The fraction of sp³-hybridized carbons (Fsp3) is 0.911. The Morgan fingerprint density at radius 1 is 0.379 bits per heavy atom. The van der Waals surface area contributed by atoms with Crippen LogP contribution in [0.2, 0.25) is 0 Å². The van der Waals surface area contributed by atoms with Crippen LogP contribution in [-0.2, 0) is 9.53 Å². The lowest BCUT2D eigenvalue weighted by atomic mass is 9.99. The molecule has 0 aromatic heterocycles. The highest BCUT2D eigenvalue weighted by Crippen LogP contribution is 2.18. The van der Waals surface area contributed by atoms with Gasteiger partial charge in [-0.25, -0.2) is 0 Å². The fourth-order valence-electron chi connectivity index (χ4n) is 8.44. The van der Waals surface area contributed by atoms with Gasteiger partial charge in [0.15, 0.2) is 0 Å². The summed E-state index contributed by atoms with van der Waals surface area (Å²) in [5, 5.41) is 0. The van der Waals surface area contributed by atoms with Crippen LogP contribution < -0.4 is 0 Å². The summed E-state index contributed by atoms with van der Waals surface area (Å²) in [5.74, 6) is 0.955. The molecule has 0 saturated carbocycles. The molecule has 0 aliphatic carbocycles. The van der Waals surface area contributed by atoms with E-state index in [-0.39, 0.29) is 5.97 Å². The largest absolute Gasteiger partial charge is 0.466 e. The third-order valence-electron chi connectivity index (χ3n) is 12.9. The molecule has 0 aliphatic heterocycles. The normalized spacial score (nSPS) is 12.4. The Bertz CT molecular complexity index is 813. The Hall–Kier alpha value is -1.05. The van der Waals surface area contributed by atoms with Crippen molar-refractivity contribution in [1.29, 1.82) is 0 Å². The van der Waals surface area contributed by atoms with E-state index in [4.69, 9.17) is 4.74 Å². The molecule has 2 heteroatoms. The molecule has 1 atom stereocenters. The van der Waals surface area contributed by atoms with E-state index in [1.165, 1.54) is 263 Å². The molecule has 0 saturated heterocycles. The van der Waals surface area contributed by atoms with E-state index >= 15 is 0 Å². The SMILES string of the molecule is CCCCC/C=C\C/C=C\CCCCCCCC(=O)OCCCCCCCCCCCCCCCCCCCCCCCCCCCCCCCCCCC(C)CC. The number of rotatable bonds is 50. The minimum absolute atomic E-state index is 0.0155. The first-order chi connectivity index (χ1) is 28.7. The molecule has 0 aromatic carbocycles. The lowest BCUT2D eigenvalue weighted by Gasteiger charge is -2.07. The molecule has 344 valence electrons. The van der Waals surface area contributed by atoms with E-state index in [0.29, 0.717) is 13.0 Å². The average molecular weight is 813 g/mol. The average Bonchev–Trinajstić information content (AvgIpc) is 3.23. The van der Waals surface area contributed by atoms with Crippen LogP contribution in [0, 0.1) is 5.92 Å². The van der Waals surface area contributed by atoms with Gasteiger partial charge in [-0.05, 0) is 50.9 Å². The Balaban J connectivity index is 3.16. The van der Waals surface area contributed by atoms with Crippen molar-refractivity contribution in [3.63, 3.8) is 0 Å². The number of ether oxygens (including phenoxy) is 1. The topological polar surface area (TPSA) is 26.3 Å². The number of allylic oxidation sites excluding steroid dienone is 4. The molecular formula is C56H108O2. The fourth-order valence-corrected chi connectivity index (χ4v) is 8.44. The van der Waals surface area contributed by atoms with Crippen molar-refractivity contribution in [2.24, 2.45) is 5.92 Å². The van der Waals surface area contributed by atoms with Gasteiger partial charge in [-0.1, -0.05) is 289 Å². The van der Waals surface area contributed by atoms with Gasteiger partial charge in [0.05, 0.1) is 6.61 Å². The lowest BCUT2D eigenvalue weighted by Crippen LogP contribution is -2.05. The minimum Gasteiger partial charge on any atom is -0.466 e. The third-order valence-corrected chi connectivity index (χ3v) is 12.9. The number of esters is 1. The number of hydrogen-bond acceptors (Lipinski definition) is 2. The summed E-state index contributed by atoms with van der Waals surface area (Å²) in [6, 6.07) is 0. The van der Waals surface area contributed by atoms with Crippen molar-refractivity contribution in [2.45, 2.75) is 316 Å². The highest BCUT2D eigenvalue weighted by molar-refractivity contribution is 5.69. The van der Waals surface area contributed by atoms with Gasteiger partial charge >= 0.3 is 5.97 Å². The second-order valence-electron chi connectivity index (χ2n) is 18.8. The van der Waals surface area contributed by atoms with Crippen molar-refractivity contribution in [3.05, 3.63) is 24.3 Å². The zero-order valence-corrected chi connectivity index (χ0v) is 40.4. The van der Waals surface area contributed by atoms with Gasteiger partial charge in [-0.15, -0.1) is 0 Å². The second kappa shape index (κ2) is 52.1. The Kier molecular flexibility index (Phi) is 51.1. The molecule has 1 unspecified atom stereocenters. The van der Waals surface area contributed by atoms with Crippen LogP contribution in [-0.4, -0.2) is 12.6 Å². The van der Waals surface area contributed by atoms with Gasteiger partial charge in [0.2, 0.25) is 0 Å². The highest BCUT2D eigenvalue weighted by atomic mass is 16.5. The van der Waals surface area contributed by atoms with Crippen LogP contribution in [0.25, 0.3) is 0 Å². The van der Waals surface area contributed by atoms with Gasteiger partial charge in [-0.3, -0.25) is 4.79 Å². The molecule has 0 amide bonds. The first-order valence-corrected chi connectivity index (χ1v) is 27.2. The molecule has 0 radical (unpaired) electrons. The number of hydrogen-bond donors (Lipinski definition) is 0. The predicted octanol–water partition coefficient (Wildman–Crippen LogP) is 20.3. The molecule has 58 heavy (non-hydrogen) atoms. The summed E-state index contributed by atoms with van der Waals surface area (Å²) >= 11 is 0. The van der Waals surface area contributed by atoms with Gasteiger partial charge in [0.1, 0.15) is 0 Å². The van der Waals surface area contributed by atoms with Crippen molar-refractivity contribution >= 4 is 5.97 Å². The van der Waals surface area contributed by atoms with Gasteiger partial charge in [-0.2, -0.15) is 0 Å². The maximum Gasteiger partial charge on any atom is 0.305 e. The smallest absolute Gasteiger partial charge is 0.305 e. The third kappa shape index (κ3) is 51.1. The number of carbonyl (C=O) groups is 1. The minimum atomic E-state index is 0.0155. The van der Waals surface area contributed by atoms with Gasteiger partial charge in [0, 0.05) is 6.42 Å². The molecule has 0 aliphatic rings. The molecule has 0 spiro atoms. The zero-order valence-electron chi connectivity index (χ0n) is 40.4. The molecule has 2 nitrogen and oxygen atoms in total. The molecule has 0 fully saturated rings. The summed E-state index contributed by atoms with van der Waals surface area (Å²) in [7, 11) is 0. The predicted molar refractivity (Wildman–Crippen MR) is 262 cm³/mol. The van der Waals surface area contributed by atoms with Crippen LogP contribution in [0.1, 0.15) is 316 Å². The van der Waals surface area contributed by atoms with Crippen LogP contribution in [0.4, 0.5) is 0 Å². The molecule has 0 N–H and O–H groups in total.